The number of nitrogens with one attached hydrogen (secondary N) is 1. The number of para-hydroxylation sites is 1. The average molecular weight is 375 g/mol. The summed E-state index contributed by atoms with van der Waals surface area (Å²) in [6, 6.07) is 18.4. The van der Waals surface area contributed by atoms with Gasteiger partial charge in [-0.2, -0.15) is 5.10 Å². The Balaban J connectivity index is 1.51. The monoisotopic (exact) mass is 375 g/mol. The van der Waals surface area contributed by atoms with Gasteiger partial charge in [-0.15, -0.1) is 0 Å². The highest BCUT2D eigenvalue weighted by Crippen LogP contribution is 2.21. The molecule has 0 radical (unpaired) electrons. The second-order valence-electron chi connectivity index (χ2n) is 7.23. The van der Waals surface area contributed by atoms with E-state index in [4.69, 9.17) is 5.73 Å². The number of rotatable bonds is 4. The summed E-state index contributed by atoms with van der Waals surface area (Å²) in [5.74, 6) is 0.328. The van der Waals surface area contributed by atoms with Crippen molar-refractivity contribution in [1.82, 2.24) is 20.0 Å². The van der Waals surface area contributed by atoms with E-state index in [0.29, 0.717) is 24.5 Å². The third-order valence-corrected chi connectivity index (χ3v) is 5.25. The lowest BCUT2D eigenvalue weighted by molar-refractivity contribution is 0.0704. The van der Waals surface area contributed by atoms with Crippen LogP contribution in [-0.4, -0.2) is 46.3 Å². The number of carbonyl (C=O) groups is 1. The van der Waals surface area contributed by atoms with Gasteiger partial charge in [0.2, 0.25) is 0 Å². The van der Waals surface area contributed by atoms with Gasteiger partial charge in [0, 0.05) is 25.7 Å². The van der Waals surface area contributed by atoms with Gasteiger partial charge in [0.15, 0.2) is 0 Å². The number of anilines is 1. The third kappa shape index (κ3) is 3.64. The van der Waals surface area contributed by atoms with Crippen LogP contribution in [0.2, 0.25) is 0 Å². The van der Waals surface area contributed by atoms with Gasteiger partial charge in [0.25, 0.3) is 5.91 Å². The molecule has 2 aromatic carbocycles. The van der Waals surface area contributed by atoms with Crippen molar-refractivity contribution in [1.29, 1.82) is 0 Å². The van der Waals surface area contributed by atoms with Crippen molar-refractivity contribution in [3.8, 4) is 5.69 Å². The van der Waals surface area contributed by atoms with Crippen LogP contribution in [0.5, 0.6) is 0 Å². The summed E-state index contributed by atoms with van der Waals surface area (Å²) in [5.41, 5.74) is 9.98. The minimum absolute atomic E-state index is 0.0584. The van der Waals surface area contributed by atoms with Gasteiger partial charge in [-0.1, -0.05) is 48.5 Å². The summed E-state index contributed by atoms with van der Waals surface area (Å²) in [6.07, 6.45) is 2.47. The molecular weight excluding hydrogens is 350 g/mol. The molecule has 1 amide bonds. The number of piperazine rings is 1. The van der Waals surface area contributed by atoms with Gasteiger partial charge >= 0.3 is 0 Å². The molecule has 28 heavy (non-hydrogen) atoms. The van der Waals surface area contributed by atoms with E-state index >= 15 is 0 Å². The Kier molecular flexibility index (Phi) is 5.12. The van der Waals surface area contributed by atoms with Crippen LogP contribution in [0.1, 0.15) is 21.5 Å². The lowest BCUT2D eigenvalue weighted by atomic mass is 10.0. The molecule has 1 atom stereocenters. The molecule has 3 N–H and O–H groups in total. The molecule has 1 fully saturated rings. The van der Waals surface area contributed by atoms with E-state index in [0.717, 1.165) is 24.2 Å². The maximum absolute atomic E-state index is 13.1. The molecule has 1 saturated heterocycles. The highest BCUT2D eigenvalue weighted by molar-refractivity contribution is 5.98. The quantitative estimate of drug-likeness (QED) is 0.734. The molecule has 6 heteroatoms. The molecular formula is C22H25N5O. The molecule has 3 aromatic rings. The predicted octanol–water partition coefficient (Wildman–Crippen LogP) is 2.42. The highest BCUT2D eigenvalue weighted by atomic mass is 16.2. The fourth-order valence-corrected chi connectivity index (χ4v) is 3.73. The first-order valence-corrected chi connectivity index (χ1v) is 9.59. The first kappa shape index (κ1) is 18.3. The smallest absolute Gasteiger partial charge is 0.259 e. The number of nitrogens with zero attached hydrogens (tertiary/aromatic N) is 3. The predicted molar refractivity (Wildman–Crippen MR) is 111 cm³/mol. The molecule has 0 spiro atoms. The minimum atomic E-state index is -0.0584. The summed E-state index contributed by atoms with van der Waals surface area (Å²) < 4.78 is 1.65. The summed E-state index contributed by atoms with van der Waals surface area (Å²) >= 11 is 0. The number of aromatic nitrogens is 2. The maximum atomic E-state index is 13.1. The molecule has 0 saturated carbocycles. The molecule has 6 nitrogen and oxygen atoms in total. The van der Waals surface area contributed by atoms with E-state index in [1.165, 1.54) is 5.56 Å². The Morgan fingerprint density at radius 3 is 2.71 bits per heavy atom. The summed E-state index contributed by atoms with van der Waals surface area (Å²) in [6.45, 7) is 4.10. The number of nitrogen functional groups attached to an aromatic ring is 1. The number of nitrogens with two attached hydrogens (primary N) is 1. The van der Waals surface area contributed by atoms with E-state index in [-0.39, 0.29) is 11.9 Å². The van der Waals surface area contributed by atoms with Gasteiger partial charge < -0.3 is 16.0 Å². The van der Waals surface area contributed by atoms with Gasteiger partial charge in [-0.3, -0.25) is 4.79 Å². The zero-order valence-electron chi connectivity index (χ0n) is 16.0. The van der Waals surface area contributed by atoms with Gasteiger partial charge in [-0.05, 0) is 30.5 Å². The Morgan fingerprint density at radius 1 is 1.18 bits per heavy atom. The first-order valence-electron chi connectivity index (χ1n) is 9.59. The standard InChI is InChI=1S/C22H25N5O/c1-16-7-5-6-10-20(16)27-21(23)19(14-25-27)22(28)26-12-11-24-18(15-26)13-17-8-3-2-4-9-17/h2-10,14,18,24H,11-13,15,23H2,1H3. The van der Waals surface area contributed by atoms with Crippen molar-refractivity contribution in [3.63, 3.8) is 0 Å². The lowest BCUT2D eigenvalue weighted by Crippen LogP contribution is -2.53. The van der Waals surface area contributed by atoms with Crippen LogP contribution in [-0.2, 0) is 6.42 Å². The normalized spacial score (nSPS) is 16.9. The number of benzene rings is 2. The van der Waals surface area contributed by atoms with Crippen molar-refractivity contribution >= 4 is 11.7 Å². The molecule has 2 heterocycles. The Morgan fingerprint density at radius 2 is 1.93 bits per heavy atom. The molecule has 1 aromatic heterocycles. The molecule has 144 valence electrons. The SMILES string of the molecule is Cc1ccccc1-n1ncc(C(=O)N2CCNC(Cc3ccccc3)C2)c1N. The van der Waals surface area contributed by atoms with Gasteiger partial charge in [-0.25, -0.2) is 4.68 Å². The van der Waals surface area contributed by atoms with Crippen molar-refractivity contribution in [2.45, 2.75) is 19.4 Å². The van der Waals surface area contributed by atoms with E-state index in [1.54, 1.807) is 10.9 Å². The number of aryl methyl sites for hydroxylation is 1. The zero-order chi connectivity index (χ0) is 19.5. The summed E-state index contributed by atoms with van der Waals surface area (Å²) in [7, 11) is 0. The van der Waals surface area contributed by atoms with Gasteiger partial charge in [0.05, 0.1) is 11.9 Å². The second-order valence-corrected chi connectivity index (χ2v) is 7.23. The van der Waals surface area contributed by atoms with Gasteiger partial charge in [0.1, 0.15) is 11.4 Å². The largest absolute Gasteiger partial charge is 0.383 e. The Bertz CT molecular complexity index is 966. The van der Waals surface area contributed by atoms with Crippen LogP contribution < -0.4 is 11.1 Å². The molecule has 4 rings (SSSR count). The number of hydrogen-bond donors (Lipinski definition) is 2. The summed E-state index contributed by atoms with van der Waals surface area (Å²) in [4.78, 5) is 15.0. The van der Waals surface area contributed by atoms with Crippen LogP contribution in [0.15, 0.2) is 60.8 Å². The fraction of sp³-hybridized carbons (Fsp3) is 0.273. The van der Waals surface area contributed by atoms with Crippen LogP contribution in [0, 0.1) is 6.92 Å². The summed E-state index contributed by atoms with van der Waals surface area (Å²) in [5, 5.41) is 7.89. The topological polar surface area (TPSA) is 76.2 Å². The molecule has 0 aliphatic carbocycles. The highest BCUT2D eigenvalue weighted by Gasteiger charge is 2.27. The molecule has 1 aliphatic heterocycles. The lowest BCUT2D eigenvalue weighted by Gasteiger charge is -2.33. The van der Waals surface area contributed by atoms with E-state index < -0.39 is 0 Å². The second kappa shape index (κ2) is 7.86. The Labute approximate surface area is 165 Å². The van der Waals surface area contributed by atoms with Crippen molar-refractivity contribution in [2.75, 3.05) is 25.4 Å². The number of hydrogen-bond acceptors (Lipinski definition) is 4. The fourth-order valence-electron chi connectivity index (χ4n) is 3.73. The number of carbonyl (C=O) groups excluding carboxylic acids is 1. The average Bonchev–Trinajstić information content (AvgIpc) is 3.10. The minimum Gasteiger partial charge on any atom is -0.383 e. The Hall–Kier alpha value is -3.12. The van der Waals surface area contributed by atoms with Crippen LogP contribution >= 0.6 is 0 Å². The molecule has 1 aliphatic rings. The number of amides is 1. The van der Waals surface area contributed by atoms with E-state index in [2.05, 4.69) is 22.5 Å². The third-order valence-electron chi connectivity index (χ3n) is 5.25. The zero-order valence-corrected chi connectivity index (χ0v) is 16.0. The van der Waals surface area contributed by atoms with Crippen molar-refractivity contribution in [3.05, 3.63) is 77.5 Å². The van der Waals surface area contributed by atoms with Crippen LogP contribution in [0.25, 0.3) is 5.69 Å². The van der Waals surface area contributed by atoms with Crippen LogP contribution in [0.4, 0.5) is 5.82 Å². The maximum Gasteiger partial charge on any atom is 0.259 e. The van der Waals surface area contributed by atoms with E-state index in [1.807, 2.05) is 54.3 Å². The molecule has 1 unspecified atom stereocenters. The van der Waals surface area contributed by atoms with Crippen molar-refractivity contribution < 1.29 is 4.79 Å². The first-order chi connectivity index (χ1) is 13.6. The van der Waals surface area contributed by atoms with E-state index in [9.17, 15) is 4.79 Å². The van der Waals surface area contributed by atoms with Crippen molar-refractivity contribution in [2.24, 2.45) is 0 Å². The van der Waals surface area contributed by atoms with Crippen LogP contribution in [0.3, 0.4) is 0 Å². The molecule has 0 bridgehead atoms.